The summed E-state index contributed by atoms with van der Waals surface area (Å²) >= 11 is 0. The molecule has 1 aliphatic rings. The molecule has 0 amide bonds. The average Bonchev–Trinajstić information content (AvgIpc) is 2.79. The molecule has 2 aromatic carbocycles. The van der Waals surface area contributed by atoms with Crippen molar-refractivity contribution in [3.63, 3.8) is 0 Å². The lowest BCUT2D eigenvalue weighted by atomic mass is 10.1. The first kappa shape index (κ1) is 16.4. The van der Waals surface area contributed by atoms with Gasteiger partial charge >= 0.3 is 6.18 Å². The Bertz CT molecular complexity index is 768. The van der Waals surface area contributed by atoms with Gasteiger partial charge in [-0.25, -0.2) is 0 Å². The second-order valence-electron chi connectivity index (χ2n) is 5.68. The van der Waals surface area contributed by atoms with E-state index in [9.17, 15) is 18.0 Å². The summed E-state index contributed by atoms with van der Waals surface area (Å²) < 4.78 is 38.5. The molecule has 0 radical (unpaired) electrons. The van der Waals surface area contributed by atoms with Crippen LogP contribution in [-0.2, 0) is 6.18 Å². The molecule has 0 saturated carbocycles. The predicted molar refractivity (Wildman–Crippen MR) is 88.6 cm³/mol. The van der Waals surface area contributed by atoms with Gasteiger partial charge in [-0.05, 0) is 30.3 Å². The summed E-state index contributed by atoms with van der Waals surface area (Å²) in [6.07, 6.45) is -4.34. The van der Waals surface area contributed by atoms with E-state index in [1.165, 1.54) is 18.2 Å². The maximum Gasteiger partial charge on any atom is 0.416 e. The summed E-state index contributed by atoms with van der Waals surface area (Å²) in [6.45, 7) is 2.32. The first-order valence-electron chi connectivity index (χ1n) is 7.72. The monoisotopic (exact) mass is 334 g/mol. The molecule has 0 unspecified atom stereocenters. The van der Waals surface area contributed by atoms with Crippen molar-refractivity contribution in [3.05, 3.63) is 70.4 Å². The van der Waals surface area contributed by atoms with Gasteiger partial charge in [-0.3, -0.25) is 4.79 Å². The van der Waals surface area contributed by atoms with Crippen LogP contribution in [0.4, 0.5) is 24.5 Å². The molecule has 3 nitrogen and oxygen atoms in total. The zero-order valence-corrected chi connectivity index (χ0v) is 13.0. The third kappa shape index (κ3) is 3.53. The van der Waals surface area contributed by atoms with E-state index in [2.05, 4.69) is 0 Å². The van der Waals surface area contributed by atoms with E-state index in [1.807, 2.05) is 15.9 Å². The third-order valence-corrected chi connectivity index (χ3v) is 4.14. The van der Waals surface area contributed by atoms with Crippen LogP contribution in [0.3, 0.4) is 0 Å². The summed E-state index contributed by atoms with van der Waals surface area (Å²) in [7, 11) is 0. The maximum absolute atomic E-state index is 12.8. The van der Waals surface area contributed by atoms with E-state index in [0.29, 0.717) is 37.6 Å². The average molecular weight is 334 g/mol. The maximum atomic E-state index is 12.8. The molecule has 126 valence electrons. The fourth-order valence-corrected chi connectivity index (χ4v) is 2.87. The normalized spacial score (nSPS) is 15.5. The van der Waals surface area contributed by atoms with E-state index < -0.39 is 11.7 Å². The van der Waals surface area contributed by atoms with Crippen LogP contribution in [0, 0.1) is 0 Å². The summed E-state index contributed by atoms with van der Waals surface area (Å²) in [5, 5.41) is 0. The molecule has 1 heterocycles. The molecule has 3 rings (SSSR count). The van der Waals surface area contributed by atoms with Crippen molar-refractivity contribution < 1.29 is 13.2 Å². The van der Waals surface area contributed by atoms with Crippen LogP contribution in [0.5, 0.6) is 0 Å². The molecule has 2 aromatic rings. The number of benzene rings is 1. The van der Waals surface area contributed by atoms with E-state index in [0.717, 1.165) is 6.07 Å². The van der Waals surface area contributed by atoms with Crippen molar-refractivity contribution in [3.8, 4) is 0 Å². The summed E-state index contributed by atoms with van der Waals surface area (Å²) in [5.41, 5.74) is 0.501. The van der Waals surface area contributed by atoms with Crippen molar-refractivity contribution in [2.24, 2.45) is 0 Å². The van der Waals surface area contributed by atoms with E-state index in [4.69, 9.17) is 0 Å². The highest BCUT2D eigenvalue weighted by Gasteiger charge is 2.31. The van der Waals surface area contributed by atoms with Gasteiger partial charge in [0.25, 0.3) is 0 Å². The lowest BCUT2D eigenvalue weighted by molar-refractivity contribution is -0.137. The Kier molecular flexibility index (Phi) is 4.46. The molecular formula is C18H17F3N2O. The number of hydrogen-bond donors (Lipinski definition) is 0. The van der Waals surface area contributed by atoms with Crippen LogP contribution in [-0.4, -0.2) is 26.2 Å². The number of halogens is 3. The Hall–Kier alpha value is -2.50. The Balaban J connectivity index is 1.74. The summed E-state index contributed by atoms with van der Waals surface area (Å²) in [4.78, 5) is 15.9. The molecule has 0 aromatic heterocycles. The van der Waals surface area contributed by atoms with Gasteiger partial charge in [0.15, 0.2) is 0 Å². The molecule has 0 N–H and O–H groups in total. The van der Waals surface area contributed by atoms with Crippen LogP contribution >= 0.6 is 0 Å². The van der Waals surface area contributed by atoms with Gasteiger partial charge in [0.2, 0.25) is 5.43 Å². The van der Waals surface area contributed by atoms with Crippen molar-refractivity contribution in [2.45, 2.75) is 6.18 Å². The highest BCUT2D eigenvalue weighted by atomic mass is 19.4. The largest absolute Gasteiger partial charge is 0.416 e. The van der Waals surface area contributed by atoms with Crippen LogP contribution < -0.4 is 15.2 Å². The predicted octanol–water partition coefficient (Wildman–Crippen LogP) is 3.39. The minimum atomic E-state index is -4.34. The number of piperazine rings is 1. The van der Waals surface area contributed by atoms with Gasteiger partial charge in [0.05, 0.1) is 11.3 Å². The number of nitrogens with zero attached hydrogens (tertiary/aromatic N) is 2. The Morgan fingerprint density at radius 1 is 0.792 bits per heavy atom. The molecular weight excluding hydrogens is 317 g/mol. The number of alkyl halides is 3. The summed E-state index contributed by atoms with van der Waals surface area (Å²) in [6, 6.07) is 14.0. The summed E-state index contributed by atoms with van der Waals surface area (Å²) in [5.74, 6) is 0. The van der Waals surface area contributed by atoms with Crippen LogP contribution in [0.2, 0.25) is 0 Å². The highest BCUT2D eigenvalue weighted by molar-refractivity contribution is 5.52. The SMILES string of the molecule is O=c1cccccc1N1CCN(c2cccc(C(F)(F)F)c2)CC1. The number of rotatable bonds is 2. The number of hydrogen-bond acceptors (Lipinski definition) is 3. The fraction of sp³-hybridized carbons (Fsp3) is 0.278. The van der Waals surface area contributed by atoms with Crippen molar-refractivity contribution in [2.75, 3.05) is 36.0 Å². The van der Waals surface area contributed by atoms with Crippen LogP contribution in [0.15, 0.2) is 59.4 Å². The second kappa shape index (κ2) is 6.55. The molecule has 6 heteroatoms. The molecule has 0 atom stereocenters. The van der Waals surface area contributed by atoms with Gasteiger partial charge in [0, 0.05) is 31.9 Å². The van der Waals surface area contributed by atoms with Crippen LogP contribution in [0.1, 0.15) is 5.56 Å². The second-order valence-corrected chi connectivity index (χ2v) is 5.68. The quantitative estimate of drug-likeness (QED) is 0.841. The third-order valence-electron chi connectivity index (χ3n) is 4.14. The van der Waals surface area contributed by atoms with Crippen LogP contribution in [0.25, 0.3) is 0 Å². The zero-order chi connectivity index (χ0) is 17.2. The van der Waals surface area contributed by atoms with Crippen molar-refractivity contribution in [1.29, 1.82) is 0 Å². The minimum absolute atomic E-state index is 0.0486. The molecule has 0 spiro atoms. The first-order valence-corrected chi connectivity index (χ1v) is 7.72. The Labute approximate surface area is 137 Å². The standard InChI is InChI=1S/C18H17F3N2O/c19-18(20,21)14-5-4-6-15(13-14)22-9-11-23(12-10-22)16-7-2-1-3-8-17(16)24/h1-8,13H,9-12H2. The molecule has 0 bridgehead atoms. The first-order chi connectivity index (χ1) is 11.4. The van der Waals surface area contributed by atoms with E-state index >= 15 is 0 Å². The van der Waals surface area contributed by atoms with Gasteiger partial charge in [-0.1, -0.05) is 24.3 Å². The molecule has 1 fully saturated rings. The number of anilines is 2. The van der Waals surface area contributed by atoms with Crippen molar-refractivity contribution >= 4 is 11.4 Å². The van der Waals surface area contributed by atoms with Crippen molar-refractivity contribution in [1.82, 2.24) is 0 Å². The fourth-order valence-electron chi connectivity index (χ4n) is 2.87. The molecule has 24 heavy (non-hydrogen) atoms. The van der Waals surface area contributed by atoms with Gasteiger partial charge in [-0.2, -0.15) is 13.2 Å². The topological polar surface area (TPSA) is 23.6 Å². The molecule has 1 aliphatic heterocycles. The highest BCUT2D eigenvalue weighted by Crippen LogP contribution is 2.32. The molecule has 0 aliphatic carbocycles. The smallest absolute Gasteiger partial charge is 0.368 e. The van der Waals surface area contributed by atoms with Gasteiger partial charge in [-0.15, -0.1) is 0 Å². The lowest BCUT2D eigenvalue weighted by Gasteiger charge is -2.37. The van der Waals surface area contributed by atoms with E-state index in [-0.39, 0.29) is 5.43 Å². The zero-order valence-electron chi connectivity index (χ0n) is 13.0. The molecule has 1 saturated heterocycles. The minimum Gasteiger partial charge on any atom is -0.368 e. The van der Waals surface area contributed by atoms with E-state index in [1.54, 1.807) is 24.3 Å². The Morgan fingerprint density at radius 3 is 2.17 bits per heavy atom. The lowest BCUT2D eigenvalue weighted by Crippen LogP contribution is -2.47. The van der Waals surface area contributed by atoms with Gasteiger partial charge in [0.1, 0.15) is 0 Å². The van der Waals surface area contributed by atoms with Gasteiger partial charge < -0.3 is 9.80 Å². The Morgan fingerprint density at radius 2 is 1.46 bits per heavy atom.